The lowest BCUT2D eigenvalue weighted by Gasteiger charge is -2.21. The Hall–Kier alpha value is -1.61. The zero-order valence-corrected chi connectivity index (χ0v) is 9.63. The molecule has 0 amide bonds. The van der Waals surface area contributed by atoms with Crippen LogP contribution in [0.1, 0.15) is 18.7 Å². The predicted octanol–water partition coefficient (Wildman–Crippen LogP) is 2.31. The minimum Gasteiger partial charge on any atom is -0.387 e. The molecule has 0 aliphatic rings. The van der Waals surface area contributed by atoms with E-state index >= 15 is 0 Å². The Morgan fingerprint density at radius 1 is 1.38 bits per heavy atom. The number of aliphatic hydroxyl groups is 1. The van der Waals surface area contributed by atoms with E-state index in [1.54, 1.807) is 13.1 Å². The first-order valence-corrected chi connectivity index (χ1v) is 5.29. The minimum atomic E-state index is -0.527. The lowest BCUT2D eigenvalue weighted by Crippen LogP contribution is -2.23. The standard InChI is InChI=1S/C13H18N2O/c1-4-8-15(9-5-2)12-6-7-13(11(3)16)14-10-12/h4-7,10-11,16H,1-2,8-9H2,3H3/t11-/m1/s1. The van der Waals surface area contributed by atoms with Gasteiger partial charge in [0.25, 0.3) is 0 Å². The number of aliphatic hydroxyl groups excluding tert-OH is 1. The second kappa shape index (κ2) is 6.08. The van der Waals surface area contributed by atoms with E-state index < -0.39 is 6.10 Å². The van der Waals surface area contributed by atoms with Crippen molar-refractivity contribution in [2.45, 2.75) is 13.0 Å². The normalized spacial score (nSPS) is 11.9. The molecule has 3 heteroatoms. The van der Waals surface area contributed by atoms with Crippen molar-refractivity contribution < 1.29 is 5.11 Å². The van der Waals surface area contributed by atoms with Gasteiger partial charge in [-0.05, 0) is 19.1 Å². The van der Waals surface area contributed by atoms with Gasteiger partial charge < -0.3 is 10.0 Å². The van der Waals surface area contributed by atoms with E-state index in [9.17, 15) is 5.11 Å². The fourth-order valence-electron chi connectivity index (χ4n) is 1.43. The van der Waals surface area contributed by atoms with Gasteiger partial charge in [0.05, 0.1) is 23.7 Å². The van der Waals surface area contributed by atoms with Gasteiger partial charge in [-0.25, -0.2) is 0 Å². The van der Waals surface area contributed by atoms with E-state index in [-0.39, 0.29) is 0 Å². The molecule has 1 atom stereocenters. The number of nitrogens with zero attached hydrogens (tertiary/aromatic N) is 2. The number of rotatable bonds is 6. The second-order valence-corrected chi connectivity index (χ2v) is 3.60. The summed E-state index contributed by atoms with van der Waals surface area (Å²) in [4.78, 5) is 6.30. The molecule has 3 nitrogen and oxygen atoms in total. The first-order valence-electron chi connectivity index (χ1n) is 5.29. The van der Waals surface area contributed by atoms with Gasteiger partial charge in [-0.3, -0.25) is 4.98 Å². The van der Waals surface area contributed by atoms with Crippen molar-refractivity contribution in [2.24, 2.45) is 0 Å². The molecule has 0 aliphatic carbocycles. The molecule has 0 spiro atoms. The fraction of sp³-hybridized carbons (Fsp3) is 0.308. The third-order valence-electron chi connectivity index (χ3n) is 2.26. The summed E-state index contributed by atoms with van der Waals surface area (Å²) in [5.41, 5.74) is 1.69. The summed E-state index contributed by atoms with van der Waals surface area (Å²) in [5, 5.41) is 9.35. The van der Waals surface area contributed by atoms with Crippen LogP contribution in [-0.4, -0.2) is 23.2 Å². The number of hydrogen-bond acceptors (Lipinski definition) is 3. The van der Waals surface area contributed by atoms with E-state index in [0.717, 1.165) is 18.8 Å². The zero-order valence-electron chi connectivity index (χ0n) is 9.63. The zero-order chi connectivity index (χ0) is 12.0. The summed E-state index contributed by atoms with van der Waals surface area (Å²) < 4.78 is 0. The lowest BCUT2D eigenvalue weighted by atomic mass is 10.2. The van der Waals surface area contributed by atoms with Crippen molar-refractivity contribution in [2.75, 3.05) is 18.0 Å². The Labute approximate surface area is 96.7 Å². The van der Waals surface area contributed by atoms with Crippen molar-refractivity contribution in [1.29, 1.82) is 0 Å². The molecule has 0 fully saturated rings. The average Bonchev–Trinajstić information content (AvgIpc) is 2.29. The van der Waals surface area contributed by atoms with Crippen molar-refractivity contribution >= 4 is 5.69 Å². The van der Waals surface area contributed by atoms with E-state index in [4.69, 9.17) is 0 Å². The molecule has 0 radical (unpaired) electrons. The summed E-state index contributed by atoms with van der Waals surface area (Å²) in [6.45, 7) is 10.6. The van der Waals surface area contributed by atoms with Gasteiger partial charge in [-0.15, -0.1) is 13.2 Å². The van der Waals surface area contributed by atoms with Crippen LogP contribution in [0.25, 0.3) is 0 Å². The number of hydrogen-bond donors (Lipinski definition) is 1. The summed E-state index contributed by atoms with van der Waals surface area (Å²) in [5.74, 6) is 0. The smallest absolute Gasteiger partial charge is 0.0931 e. The van der Waals surface area contributed by atoms with Crippen LogP contribution in [0.15, 0.2) is 43.6 Å². The molecule has 16 heavy (non-hydrogen) atoms. The first-order chi connectivity index (χ1) is 7.69. The Morgan fingerprint density at radius 2 is 2.00 bits per heavy atom. The highest BCUT2D eigenvalue weighted by Crippen LogP contribution is 2.16. The molecule has 0 aliphatic heterocycles. The van der Waals surface area contributed by atoms with Crippen molar-refractivity contribution in [3.8, 4) is 0 Å². The van der Waals surface area contributed by atoms with Crippen LogP contribution in [0, 0.1) is 0 Å². The molecule has 0 saturated carbocycles. The molecule has 1 rings (SSSR count). The second-order valence-electron chi connectivity index (χ2n) is 3.60. The van der Waals surface area contributed by atoms with Gasteiger partial charge in [0, 0.05) is 13.1 Å². The van der Waals surface area contributed by atoms with Gasteiger partial charge in [-0.1, -0.05) is 12.2 Å². The van der Waals surface area contributed by atoms with Crippen LogP contribution >= 0.6 is 0 Å². The molecule has 0 saturated heterocycles. The van der Waals surface area contributed by atoms with E-state index in [0.29, 0.717) is 5.69 Å². The van der Waals surface area contributed by atoms with Crippen molar-refractivity contribution in [1.82, 2.24) is 4.98 Å². The Balaban J connectivity index is 2.84. The van der Waals surface area contributed by atoms with Gasteiger partial charge in [-0.2, -0.15) is 0 Å². The van der Waals surface area contributed by atoms with Crippen molar-refractivity contribution in [3.05, 3.63) is 49.3 Å². The Kier molecular flexibility index (Phi) is 4.73. The maximum absolute atomic E-state index is 9.35. The number of anilines is 1. The monoisotopic (exact) mass is 218 g/mol. The van der Waals surface area contributed by atoms with Gasteiger partial charge in [0.1, 0.15) is 0 Å². The summed E-state index contributed by atoms with van der Waals surface area (Å²) in [7, 11) is 0. The van der Waals surface area contributed by atoms with E-state index in [1.165, 1.54) is 0 Å². The van der Waals surface area contributed by atoms with Crippen LogP contribution in [0.2, 0.25) is 0 Å². The third-order valence-corrected chi connectivity index (χ3v) is 2.26. The van der Waals surface area contributed by atoms with Crippen LogP contribution in [0.3, 0.4) is 0 Å². The molecule has 1 aromatic rings. The van der Waals surface area contributed by atoms with E-state index in [2.05, 4.69) is 23.0 Å². The van der Waals surface area contributed by atoms with Gasteiger partial charge in [0.15, 0.2) is 0 Å². The molecule has 1 aromatic heterocycles. The molecular weight excluding hydrogens is 200 g/mol. The topological polar surface area (TPSA) is 36.4 Å². The third kappa shape index (κ3) is 3.21. The predicted molar refractivity (Wildman–Crippen MR) is 67.5 cm³/mol. The first kappa shape index (κ1) is 12.5. The highest BCUT2D eigenvalue weighted by atomic mass is 16.3. The Morgan fingerprint density at radius 3 is 2.38 bits per heavy atom. The van der Waals surface area contributed by atoms with Crippen LogP contribution in [0.5, 0.6) is 0 Å². The lowest BCUT2D eigenvalue weighted by molar-refractivity contribution is 0.194. The highest BCUT2D eigenvalue weighted by Gasteiger charge is 2.05. The maximum Gasteiger partial charge on any atom is 0.0931 e. The molecular formula is C13H18N2O. The SMILES string of the molecule is C=CCN(CC=C)c1ccc([C@@H](C)O)nc1. The summed E-state index contributed by atoms with van der Waals surface area (Å²) in [6, 6.07) is 3.78. The molecule has 1 heterocycles. The molecule has 86 valence electrons. The number of pyridine rings is 1. The van der Waals surface area contributed by atoms with Crippen LogP contribution in [-0.2, 0) is 0 Å². The van der Waals surface area contributed by atoms with Crippen molar-refractivity contribution in [3.63, 3.8) is 0 Å². The van der Waals surface area contributed by atoms with Gasteiger partial charge in [0.2, 0.25) is 0 Å². The molecule has 1 N–H and O–H groups in total. The quantitative estimate of drug-likeness (QED) is 0.744. The number of aromatic nitrogens is 1. The van der Waals surface area contributed by atoms with Crippen LogP contribution in [0.4, 0.5) is 5.69 Å². The highest BCUT2D eigenvalue weighted by molar-refractivity contribution is 5.46. The molecule has 0 aromatic carbocycles. The minimum absolute atomic E-state index is 0.527. The summed E-state index contributed by atoms with van der Waals surface area (Å²) in [6.07, 6.45) is 4.91. The fourth-order valence-corrected chi connectivity index (χ4v) is 1.43. The van der Waals surface area contributed by atoms with E-state index in [1.807, 2.05) is 24.3 Å². The van der Waals surface area contributed by atoms with Gasteiger partial charge >= 0.3 is 0 Å². The largest absolute Gasteiger partial charge is 0.387 e. The van der Waals surface area contributed by atoms with Crippen LogP contribution < -0.4 is 4.90 Å². The average molecular weight is 218 g/mol. The molecule has 0 unspecified atom stereocenters. The summed E-state index contributed by atoms with van der Waals surface area (Å²) >= 11 is 0. The maximum atomic E-state index is 9.35. The Bertz CT molecular complexity index is 333. The molecule has 0 bridgehead atoms.